The summed E-state index contributed by atoms with van der Waals surface area (Å²) < 4.78 is 22.4. The Morgan fingerprint density at radius 2 is 1.60 bits per heavy atom. The van der Waals surface area contributed by atoms with Gasteiger partial charge in [-0.15, -0.1) is 0 Å². The summed E-state index contributed by atoms with van der Waals surface area (Å²) in [7, 11) is 0. The van der Waals surface area contributed by atoms with E-state index in [1.165, 1.54) is 0 Å². The fourth-order valence-corrected chi connectivity index (χ4v) is 6.59. The molecule has 2 aliphatic heterocycles. The standard InChI is InChI=1S/C33H33Cl2N7O4.C3H8O/c1-23-37-38-32(43)42(23)27-5-3-25(4-6-27)40-14-16-41(17-15-40)26-7-9-28(10-8-26)44-19-29-20-45-33(46-29,21-39-13-12-36-22-39)30-11-2-24(34)18-31(30)35;1-3(2)4/h2-13,18,22,29H,14-17,19-21H2,1H3,(H,38,43);3-4H,1-2H3/t29-,33-;/m1./s1. The van der Waals surface area contributed by atoms with Crippen LogP contribution in [0.1, 0.15) is 25.2 Å². The van der Waals surface area contributed by atoms with Crippen molar-refractivity contribution in [3.8, 4) is 11.4 Å². The molecular weight excluding hydrogens is 681 g/mol. The highest BCUT2D eigenvalue weighted by atomic mass is 35.5. The smallest absolute Gasteiger partial charge is 0.347 e. The number of H-pyrrole nitrogens is 1. The Hall–Kier alpha value is -4.33. The van der Waals surface area contributed by atoms with Gasteiger partial charge in [0.2, 0.25) is 5.79 Å². The summed E-state index contributed by atoms with van der Waals surface area (Å²) in [6, 6.07) is 21.5. The zero-order chi connectivity index (χ0) is 35.3. The van der Waals surface area contributed by atoms with Crippen LogP contribution in [0.3, 0.4) is 0 Å². The summed E-state index contributed by atoms with van der Waals surface area (Å²) in [5.74, 6) is 0.296. The fraction of sp³-hybridized carbons (Fsp3) is 0.361. The molecule has 2 aromatic heterocycles. The van der Waals surface area contributed by atoms with Crippen LogP contribution in [0.2, 0.25) is 10.0 Å². The van der Waals surface area contributed by atoms with Crippen molar-refractivity contribution in [3.63, 3.8) is 0 Å². The normalized spacial score (nSPS) is 19.1. The van der Waals surface area contributed by atoms with Crippen LogP contribution in [0.15, 0.2) is 90.2 Å². The molecule has 0 amide bonds. The number of aromatic nitrogens is 5. The van der Waals surface area contributed by atoms with Crippen LogP contribution in [0.4, 0.5) is 11.4 Å². The van der Waals surface area contributed by atoms with Crippen molar-refractivity contribution in [1.29, 1.82) is 0 Å². The van der Waals surface area contributed by atoms with E-state index in [1.54, 1.807) is 50.0 Å². The van der Waals surface area contributed by atoms with Gasteiger partial charge in [0, 0.05) is 66.6 Å². The second-order valence-corrected chi connectivity index (χ2v) is 13.3. The van der Waals surface area contributed by atoms with Gasteiger partial charge in [0.25, 0.3) is 0 Å². The Balaban J connectivity index is 0.00000103. The van der Waals surface area contributed by atoms with Gasteiger partial charge in [-0.25, -0.2) is 19.4 Å². The Morgan fingerprint density at radius 1 is 0.980 bits per heavy atom. The number of anilines is 2. The van der Waals surface area contributed by atoms with Crippen LogP contribution in [0, 0.1) is 6.92 Å². The molecule has 2 aliphatic rings. The number of rotatable bonds is 9. The van der Waals surface area contributed by atoms with Gasteiger partial charge >= 0.3 is 5.69 Å². The summed E-state index contributed by atoms with van der Waals surface area (Å²) in [4.78, 5) is 20.9. The fourth-order valence-electron chi connectivity index (χ4n) is 6.03. The minimum absolute atomic E-state index is 0.167. The highest BCUT2D eigenvalue weighted by Crippen LogP contribution is 2.40. The van der Waals surface area contributed by atoms with Gasteiger partial charge in [0.15, 0.2) is 0 Å². The van der Waals surface area contributed by atoms with E-state index in [1.807, 2.05) is 41.1 Å². The molecule has 2 fully saturated rings. The molecule has 7 rings (SSSR count). The first-order chi connectivity index (χ1) is 24.1. The van der Waals surface area contributed by atoms with Crippen molar-refractivity contribution in [2.24, 2.45) is 0 Å². The van der Waals surface area contributed by atoms with E-state index in [9.17, 15) is 4.79 Å². The summed E-state index contributed by atoms with van der Waals surface area (Å²) in [5, 5.41) is 15.5. The average Bonchev–Trinajstić information content (AvgIpc) is 3.85. The summed E-state index contributed by atoms with van der Waals surface area (Å²) in [6.07, 6.45) is 4.82. The number of ether oxygens (including phenoxy) is 3. The topological polar surface area (TPSA) is 123 Å². The molecule has 14 heteroatoms. The lowest BCUT2D eigenvalue weighted by Gasteiger charge is -2.37. The highest BCUT2D eigenvalue weighted by Gasteiger charge is 2.45. The zero-order valence-electron chi connectivity index (χ0n) is 28.2. The van der Waals surface area contributed by atoms with Crippen LogP contribution in [-0.4, -0.2) is 81.0 Å². The first kappa shape index (κ1) is 35.5. The predicted octanol–water partition coefficient (Wildman–Crippen LogP) is 5.43. The van der Waals surface area contributed by atoms with Gasteiger partial charge in [-0.05, 0) is 81.4 Å². The molecule has 2 atom stereocenters. The van der Waals surface area contributed by atoms with Gasteiger partial charge in [0.1, 0.15) is 24.3 Å². The Kier molecular flexibility index (Phi) is 11.1. The first-order valence-corrected chi connectivity index (χ1v) is 17.2. The first-order valence-electron chi connectivity index (χ1n) is 16.5. The molecule has 0 bridgehead atoms. The molecule has 3 aromatic carbocycles. The van der Waals surface area contributed by atoms with E-state index >= 15 is 0 Å². The van der Waals surface area contributed by atoms with Crippen molar-refractivity contribution in [3.05, 3.63) is 117 Å². The predicted molar refractivity (Wildman–Crippen MR) is 194 cm³/mol. The van der Waals surface area contributed by atoms with Crippen molar-refractivity contribution in [1.82, 2.24) is 24.3 Å². The van der Waals surface area contributed by atoms with E-state index in [0.29, 0.717) is 41.2 Å². The molecule has 0 unspecified atom stereocenters. The van der Waals surface area contributed by atoms with E-state index in [4.69, 9.17) is 42.5 Å². The van der Waals surface area contributed by atoms with Gasteiger partial charge in [-0.3, -0.25) is 0 Å². The van der Waals surface area contributed by atoms with Crippen molar-refractivity contribution in [2.45, 2.75) is 45.3 Å². The van der Waals surface area contributed by atoms with E-state index < -0.39 is 5.79 Å². The molecule has 0 radical (unpaired) electrons. The van der Waals surface area contributed by atoms with E-state index in [-0.39, 0.29) is 17.9 Å². The third kappa shape index (κ3) is 8.34. The third-order valence-corrected chi connectivity index (χ3v) is 8.93. The minimum Gasteiger partial charge on any atom is -0.491 e. The minimum atomic E-state index is -1.09. The lowest BCUT2D eigenvalue weighted by Crippen LogP contribution is -2.46. The number of halogens is 2. The van der Waals surface area contributed by atoms with E-state index in [2.05, 4.69) is 49.2 Å². The molecule has 2 saturated heterocycles. The number of hydrogen-bond donors (Lipinski definition) is 2. The lowest BCUT2D eigenvalue weighted by molar-refractivity contribution is -0.189. The number of hydrogen-bond acceptors (Lipinski definition) is 9. The van der Waals surface area contributed by atoms with Gasteiger partial charge in [-0.2, -0.15) is 5.10 Å². The molecular formula is C36H41Cl2N7O5. The molecule has 0 spiro atoms. The second-order valence-electron chi connectivity index (χ2n) is 12.5. The maximum absolute atomic E-state index is 12.1. The number of aliphatic hydroxyl groups is 1. The summed E-state index contributed by atoms with van der Waals surface area (Å²) >= 11 is 12.8. The third-order valence-electron chi connectivity index (χ3n) is 8.38. The molecule has 2 N–H and O–H groups in total. The maximum atomic E-state index is 12.1. The van der Waals surface area contributed by atoms with Crippen LogP contribution in [0.5, 0.6) is 5.75 Å². The monoisotopic (exact) mass is 721 g/mol. The van der Waals surface area contributed by atoms with Crippen LogP contribution in [0.25, 0.3) is 5.69 Å². The molecule has 5 aromatic rings. The van der Waals surface area contributed by atoms with Crippen LogP contribution < -0.4 is 20.2 Å². The van der Waals surface area contributed by atoms with E-state index in [0.717, 1.165) is 49.0 Å². The number of aromatic amines is 1. The zero-order valence-corrected chi connectivity index (χ0v) is 29.7. The number of benzene rings is 3. The van der Waals surface area contributed by atoms with Crippen molar-refractivity contribution >= 4 is 34.6 Å². The number of aliphatic hydroxyl groups excluding tert-OH is 1. The maximum Gasteiger partial charge on any atom is 0.347 e. The second kappa shape index (κ2) is 15.7. The molecule has 4 heterocycles. The van der Waals surface area contributed by atoms with Crippen LogP contribution in [-0.2, 0) is 21.8 Å². The SMILES string of the molecule is CC(C)O.Cc1n[nH]c(=O)n1-c1ccc(N2CCN(c3ccc(OC[C@@H]4CO[C@@](Cn5ccnc5)(c5ccc(Cl)cc5Cl)O4)cc3)CC2)cc1. The molecule has 264 valence electrons. The molecule has 0 saturated carbocycles. The van der Waals surface area contributed by atoms with Crippen LogP contribution >= 0.6 is 23.2 Å². The largest absolute Gasteiger partial charge is 0.491 e. The molecule has 50 heavy (non-hydrogen) atoms. The Morgan fingerprint density at radius 3 is 2.16 bits per heavy atom. The number of aryl methyl sites for hydroxylation is 1. The molecule has 0 aliphatic carbocycles. The summed E-state index contributed by atoms with van der Waals surface area (Å²) in [5.41, 5.74) is 3.55. The quantitative estimate of drug-likeness (QED) is 0.205. The highest BCUT2D eigenvalue weighted by molar-refractivity contribution is 6.35. The van der Waals surface area contributed by atoms with Gasteiger partial charge < -0.3 is 33.7 Å². The van der Waals surface area contributed by atoms with Crippen molar-refractivity contribution in [2.75, 3.05) is 49.2 Å². The number of nitrogens with zero attached hydrogens (tertiary/aromatic N) is 6. The Labute approximate surface area is 300 Å². The van der Waals surface area contributed by atoms with Crippen molar-refractivity contribution < 1.29 is 19.3 Å². The Bertz CT molecular complexity index is 1890. The van der Waals surface area contributed by atoms with Gasteiger partial charge in [0.05, 0.1) is 30.2 Å². The number of nitrogens with one attached hydrogen (secondary N) is 1. The summed E-state index contributed by atoms with van der Waals surface area (Å²) in [6.45, 7) is 9.85. The average molecular weight is 723 g/mol. The number of piperazine rings is 1. The number of imidazole rings is 1. The van der Waals surface area contributed by atoms with Gasteiger partial charge in [-0.1, -0.05) is 29.3 Å². The molecule has 12 nitrogen and oxygen atoms in total. The lowest BCUT2D eigenvalue weighted by atomic mass is 10.1.